The van der Waals surface area contributed by atoms with Crippen LogP contribution in [0.5, 0.6) is 0 Å². The van der Waals surface area contributed by atoms with Crippen molar-refractivity contribution in [1.82, 2.24) is 9.88 Å². The van der Waals surface area contributed by atoms with E-state index in [1.807, 2.05) is 11.0 Å². The van der Waals surface area contributed by atoms with Crippen molar-refractivity contribution in [2.75, 3.05) is 13.1 Å². The molecule has 1 aliphatic rings. The second kappa shape index (κ2) is 5.12. The second-order valence-corrected chi connectivity index (χ2v) is 4.38. The first-order valence-electron chi connectivity index (χ1n) is 5.66. The van der Waals surface area contributed by atoms with Crippen LogP contribution in [0.3, 0.4) is 0 Å². The Balaban J connectivity index is 2.17. The molecule has 18 heavy (non-hydrogen) atoms. The largest absolute Gasteiger partial charge is 0.390 e. The van der Waals surface area contributed by atoms with Crippen LogP contribution < -0.4 is 5.73 Å². The van der Waals surface area contributed by atoms with Crippen molar-refractivity contribution in [3.8, 4) is 6.07 Å². The molecule has 1 aliphatic heterocycles. The molecule has 94 valence electrons. The summed E-state index contributed by atoms with van der Waals surface area (Å²) in [6, 6.07) is 5.15. The van der Waals surface area contributed by atoms with Gasteiger partial charge < -0.3 is 10.8 Å². The lowest BCUT2D eigenvalue weighted by Gasteiger charge is -2.41. The molecule has 0 spiro atoms. The number of nitrogens with zero attached hydrogens (tertiary/aromatic N) is 3. The lowest BCUT2D eigenvalue weighted by molar-refractivity contribution is -0.121. The number of aliphatic hydroxyl groups is 1. The van der Waals surface area contributed by atoms with E-state index in [1.165, 1.54) is 6.20 Å². The molecule has 0 radical (unpaired) electrons. The zero-order chi connectivity index (χ0) is 13.1. The number of hydrogen-bond donors (Lipinski definition) is 2. The van der Waals surface area contributed by atoms with E-state index in [0.29, 0.717) is 24.3 Å². The molecule has 0 bridgehead atoms. The third-order valence-corrected chi connectivity index (χ3v) is 2.98. The summed E-state index contributed by atoms with van der Waals surface area (Å²) in [6.45, 7) is 1.03. The van der Waals surface area contributed by atoms with Gasteiger partial charge in [-0.25, -0.2) is 0 Å². The highest BCUT2D eigenvalue weighted by atomic mass is 16.3. The fraction of sp³-hybridized carbons (Fsp3) is 0.417. The van der Waals surface area contributed by atoms with Crippen LogP contribution in [-0.2, 0) is 4.79 Å². The number of amides is 1. The summed E-state index contributed by atoms with van der Waals surface area (Å²) >= 11 is 0. The number of nitriles is 1. The van der Waals surface area contributed by atoms with Gasteiger partial charge in [-0.1, -0.05) is 0 Å². The lowest BCUT2D eigenvalue weighted by Crippen LogP contribution is -2.52. The maximum Gasteiger partial charge on any atom is 0.219 e. The van der Waals surface area contributed by atoms with E-state index >= 15 is 0 Å². The molecular formula is C12H14N4O2. The maximum absolute atomic E-state index is 11.1. The molecule has 0 aliphatic carbocycles. The lowest BCUT2D eigenvalue weighted by atomic mass is 10.0. The summed E-state index contributed by atoms with van der Waals surface area (Å²) in [5.41, 5.74) is 6.40. The molecule has 3 N–H and O–H groups in total. The van der Waals surface area contributed by atoms with Crippen LogP contribution in [-0.4, -0.2) is 40.1 Å². The van der Waals surface area contributed by atoms with E-state index in [4.69, 9.17) is 11.0 Å². The SMILES string of the molecule is N#Cc1ccc(C(CC(N)=O)N2CC(O)C2)nc1. The zero-order valence-electron chi connectivity index (χ0n) is 9.78. The smallest absolute Gasteiger partial charge is 0.219 e. The number of likely N-dealkylation sites (tertiary alicyclic amines) is 1. The zero-order valence-corrected chi connectivity index (χ0v) is 9.78. The number of primary amides is 1. The Morgan fingerprint density at radius 1 is 1.67 bits per heavy atom. The van der Waals surface area contributed by atoms with E-state index < -0.39 is 5.91 Å². The number of aromatic nitrogens is 1. The normalized spacial score (nSPS) is 17.8. The first kappa shape index (κ1) is 12.5. The van der Waals surface area contributed by atoms with E-state index in [-0.39, 0.29) is 18.6 Å². The van der Waals surface area contributed by atoms with E-state index in [9.17, 15) is 9.90 Å². The van der Waals surface area contributed by atoms with Crippen LogP contribution in [0.25, 0.3) is 0 Å². The van der Waals surface area contributed by atoms with Crippen molar-refractivity contribution in [3.05, 3.63) is 29.6 Å². The van der Waals surface area contributed by atoms with Gasteiger partial charge in [-0.05, 0) is 12.1 Å². The van der Waals surface area contributed by atoms with Crippen LogP contribution in [0.2, 0.25) is 0 Å². The fourth-order valence-electron chi connectivity index (χ4n) is 2.02. The first-order valence-corrected chi connectivity index (χ1v) is 5.66. The molecule has 1 amide bonds. The molecule has 6 heteroatoms. The highest BCUT2D eigenvalue weighted by Crippen LogP contribution is 2.27. The molecule has 2 heterocycles. The predicted octanol–water partition coefficient (Wildman–Crippen LogP) is -0.454. The number of β-amino-alcohol motifs (C(OH)–C–C–N with tert-alkyl or cyclic N) is 1. The first-order chi connectivity index (χ1) is 8.60. The Bertz CT molecular complexity index is 474. The summed E-state index contributed by atoms with van der Waals surface area (Å²) in [7, 11) is 0. The van der Waals surface area contributed by atoms with Gasteiger partial charge in [0, 0.05) is 25.7 Å². The van der Waals surface area contributed by atoms with Gasteiger partial charge in [0.25, 0.3) is 0 Å². The van der Waals surface area contributed by atoms with Crippen LogP contribution in [0.1, 0.15) is 23.7 Å². The number of rotatable bonds is 4. The van der Waals surface area contributed by atoms with Gasteiger partial charge in [0.05, 0.1) is 23.4 Å². The Hall–Kier alpha value is -1.97. The summed E-state index contributed by atoms with van der Waals surface area (Å²) in [4.78, 5) is 17.2. The predicted molar refractivity (Wildman–Crippen MR) is 63.1 cm³/mol. The van der Waals surface area contributed by atoms with Crippen molar-refractivity contribution in [1.29, 1.82) is 5.26 Å². The minimum Gasteiger partial charge on any atom is -0.390 e. The molecule has 1 unspecified atom stereocenters. The van der Waals surface area contributed by atoms with Crippen LogP contribution in [0.4, 0.5) is 0 Å². The minimum absolute atomic E-state index is 0.158. The van der Waals surface area contributed by atoms with Crippen molar-refractivity contribution in [3.63, 3.8) is 0 Å². The Morgan fingerprint density at radius 2 is 2.39 bits per heavy atom. The molecule has 0 saturated carbocycles. The number of aliphatic hydroxyl groups excluding tert-OH is 1. The van der Waals surface area contributed by atoms with Crippen molar-refractivity contribution < 1.29 is 9.90 Å². The van der Waals surface area contributed by atoms with Gasteiger partial charge in [-0.3, -0.25) is 14.7 Å². The molecule has 1 saturated heterocycles. The standard InChI is InChI=1S/C12H14N4O2/c13-4-8-1-2-10(15-5-8)11(3-12(14)18)16-6-9(17)7-16/h1-2,5,9,11,17H,3,6-7H2,(H2,14,18). The molecule has 1 aromatic rings. The minimum atomic E-state index is -0.410. The maximum atomic E-state index is 11.1. The third kappa shape index (κ3) is 2.64. The number of pyridine rings is 1. The number of hydrogen-bond acceptors (Lipinski definition) is 5. The molecule has 6 nitrogen and oxygen atoms in total. The van der Waals surface area contributed by atoms with Crippen LogP contribution in [0, 0.1) is 11.3 Å². The van der Waals surface area contributed by atoms with Gasteiger partial charge in [-0.2, -0.15) is 5.26 Å². The van der Waals surface area contributed by atoms with E-state index in [2.05, 4.69) is 4.98 Å². The summed E-state index contributed by atoms with van der Waals surface area (Å²) < 4.78 is 0. The molecule has 0 aromatic carbocycles. The monoisotopic (exact) mass is 246 g/mol. The highest BCUT2D eigenvalue weighted by molar-refractivity contribution is 5.74. The molecular weight excluding hydrogens is 232 g/mol. The van der Waals surface area contributed by atoms with Crippen molar-refractivity contribution >= 4 is 5.91 Å². The number of nitrogens with two attached hydrogens (primary N) is 1. The highest BCUT2D eigenvalue weighted by Gasteiger charge is 2.33. The Kier molecular flexibility index (Phi) is 3.55. The average Bonchev–Trinajstić information content (AvgIpc) is 2.32. The summed E-state index contributed by atoms with van der Waals surface area (Å²) in [6.07, 6.45) is 1.28. The summed E-state index contributed by atoms with van der Waals surface area (Å²) in [5, 5.41) is 18.0. The topological polar surface area (TPSA) is 103 Å². The number of carbonyl (C=O) groups is 1. The number of carbonyl (C=O) groups excluding carboxylic acids is 1. The van der Waals surface area contributed by atoms with Gasteiger partial charge in [0.1, 0.15) is 6.07 Å². The molecule has 1 aromatic heterocycles. The van der Waals surface area contributed by atoms with E-state index in [1.54, 1.807) is 12.1 Å². The van der Waals surface area contributed by atoms with Gasteiger partial charge >= 0.3 is 0 Å². The van der Waals surface area contributed by atoms with Crippen LogP contribution >= 0.6 is 0 Å². The van der Waals surface area contributed by atoms with Crippen molar-refractivity contribution in [2.45, 2.75) is 18.6 Å². The summed E-state index contributed by atoms with van der Waals surface area (Å²) in [5.74, 6) is -0.410. The van der Waals surface area contributed by atoms with Gasteiger partial charge in [-0.15, -0.1) is 0 Å². The average molecular weight is 246 g/mol. The molecule has 1 atom stereocenters. The van der Waals surface area contributed by atoms with Gasteiger partial charge in [0.2, 0.25) is 5.91 Å². The Labute approximate surface area is 105 Å². The molecule has 2 rings (SSSR count). The second-order valence-electron chi connectivity index (χ2n) is 4.38. The van der Waals surface area contributed by atoms with Gasteiger partial charge in [0.15, 0.2) is 0 Å². The van der Waals surface area contributed by atoms with Crippen LogP contribution in [0.15, 0.2) is 18.3 Å². The quantitative estimate of drug-likeness (QED) is 0.748. The fourth-order valence-corrected chi connectivity index (χ4v) is 2.02. The van der Waals surface area contributed by atoms with E-state index in [0.717, 1.165) is 0 Å². The Morgan fingerprint density at radius 3 is 2.83 bits per heavy atom. The van der Waals surface area contributed by atoms with Crippen molar-refractivity contribution in [2.24, 2.45) is 5.73 Å². The molecule has 1 fully saturated rings. The third-order valence-electron chi connectivity index (χ3n) is 2.98.